The largest absolute Gasteiger partial charge is 0.474 e. The van der Waals surface area contributed by atoms with Gasteiger partial charge in [-0.1, -0.05) is 35.9 Å². The zero-order chi connectivity index (χ0) is 24.0. The van der Waals surface area contributed by atoms with E-state index in [0.29, 0.717) is 26.2 Å². The van der Waals surface area contributed by atoms with Gasteiger partial charge in [-0.05, 0) is 49.7 Å². The Kier molecular flexibility index (Phi) is 7.75. The first-order valence-electron chi connectivity index (χ1n) is 9.66. The van der Waals surface area contributed by atoms with Crippen LogP contribution in [0.5, 0.6) is 5.75 Å². The lowest BCUT2D eigenvalue weighted by molar-refractivity contribution is -0.386. The van der Waals surface area contributed by atoms with Crippen LogP contribution in [-0.2, 0) is 4.79 Å². The molecule has 0 saturated carbocycles. The zero-order valence-corrected chi connectivity index (χ0v) is 19.1. The highest BCUT2D eigenvalue weighted by atomic mass is 35.5. The summed E-state index contributed by atoms with van der Waals surface area (Å²) in [6, 6.07) is 16.0. The van der Waals surface area contributed by atoms with Crippen LogP contribution in [0, 0.1) is 10.1 Å². The van der Waals surface area contributed by atoms with Crippen molar-refractivity contribution in [3.05, 3.63) is 85.6 Å². The van der Waals surface area contributed by atoms with Gasteiger partial charge in [-0.2, -0.15) is 5.10 Å². The molecule has 9 nitrogen and oxygen atoms in total. The summed E-state index contributed by atoms with van der Waals surface area (Å²) >= 11 is 7.05. The van der Waals surface area contributed by atoms with Gasteiger partial charge in [0, 0.05) is 11.8 Å². The van der Waals surface area contributed by atoms with Crippen LogP contribution in [0.2, 0.25) is 4.34 Å². The molecule has 1 atom stereocenters. The predicted molar refractivity (Wildman–Crippen MR) is 127 cm³/mol. The highest BCUT2D eigenvalue weighted by Gasteiger charge is 2.20. The maximum absolute atomic E-state index is 12.4. The number of carbonyl (C=O) groups is 2. The Hall–Kier alpha value is -3.76. The van der Waals surface area contributed by atoms with Crippen molar-refractivity contribution in [2.24, 2.45) is 5.10 Å². The van der Waals surface area contributed by atoms with Gasteiger partial charge in [-0.3, -0.25) is 19.7 Å². The molecule has 0 spiro atoms. The lowest BCUT2D eigenvalue weighted by atomic mass is 10.1. The van der Waals surface area contributed by atoms with Crippen molar-refractivity contribution in [2.75, 3.05) is 5.32 Å². The van der Waals surface area contributed by atoms with Crippen LogP contribution in [0.3, 0.4) is 0 Å². The van der Waals surface area contributed by atoms with Gasteiger partial charge in [0.2, 0.25) is 0 Å². The molecule has 3 aromatic rings. The van der Waals surface area contributed by atoms with E-state index in [1.165, 1.54) is 36.5 Å². The molecule has 1 unspecified atom stereocenters. The van der Waals surface area contributed by atoms with Crippen molar-refractivity contribution in [1.29, 1.82) is 0 Å². The molecule has 33 heavy (non-hydrogen) atoms. The van der Waals surface area contributed by atoms with Crippen molar-refractivity contribution < 1.29 is 19.2 Å². The second-order valence-corrected chi connectivity index (χ2v) is 8.51. The summed E-state index contributed by atoms with van der Waals surface area (Å²) in [4.78, 5) is 35.7. The third kappa shape index (κ3) is 6.37. The maximum Gasteiger partial charge on any atom is 0.310 e. The Balaban J connectivity index is 1.63. The smallest absolute Gasteiger partial charge is 0.310 e. The zero-order valence-electron chi connectivity index (χ0n) is 17.6. The van der Waals surface area contributed by atoms with Crippen LogP contribution in [0.25, 0.3) is 0 Å². The second-order valence-electron chi connectivity index (χ2n) is 6.80. The number of nitrogens with one attached hydrogen (secondary N) is 2. The monoisotopic (exact) mass is 486 g/mol. The standard InChI is InChI=1S/C22H19ClN4O5S/c1-13(15-6-5-7-16(12-15)24-22(29)19-10-11-20(23)33-19)25-26-21(28)14(2)32-18-9-4-3-8-17(18)27(30)31/h3-12,14H,1-2H3,(H,24,29)(H,26,28)/b25-13+. The van der Waals surface area contributed by atoms with E-state index in [-0.39, 0.29) is 17.3 Å². The Bertz CT molecular complexity index is 1230. The van der Waals surface area contributed by atoms with Crippen molar-refractivity contribution in [3.8, 4) is 5.75 Å². The number of halogens is 1. The third-order valence-corrected chi connectivity index (χ3v) is 5.63. The summed E-state index contributed by atoms with van der Waals surface area (Å²) in [5.74, 6) is -0.874. The van der Waals surface area contributed by atoms with Crippen LogP contribution in [0.1, 0.15) is 29.1 Å². The molecule has 1 aromatic heterocycles. The fraction of sp³-hybridized carbons (Fsp3) is 0.136. The number of nitro benzene ring substituents is 1. The topological polar surface area (TPSA) is 123 Å². The summed E-state index contributed by atoms with van der Waals surface area (Å²) in [5, 5.41) is 18.0. The van der Waals surface area contributed by atoms with E-state index in [1.807, 2.05) is 0 Å². The van der Waals surface area contributed by atoms with Gasteiger partial charge >= 0.3 is 5.69 Å². The third-order valence-electron chi connectivity index (χ3n) is 4.40. The number of carbonyl (C=O) groups excluding carboxylic acids is 2. The average molecular weight is 487 g/mol. The van der Waals surface area contributed by atoms with E-state index >= 15 is 0 Å². The van der Waals surface area contributed by atoms with Crippen molar-refractivity contribution >= 4 is 51.8 Å². The maximum atomic E-state index is 12.4. The van der Waals surface area contributed by atoms with E-state index in [1.54, 1.807) is 49.4 Å². The molecule has 2 amide bonds. The Morgan fingerprint density at radius 1 is 1.15 bits per heavy atom. The number of hydrogen-bond donors (Lipinski definition) is 2. The quantitative estimate of drug-likeness (QED) is 0.267. The van der Waals surface area contributed by atoms with Gasteiger partial charge < -0.3 is 10.1 Å². The van der Waals surface area contributed by atoms with Crippen molar-refractivity contribution in [1.82, 2.24) is 5.43 Å². The summed E-state index contributed by atoms with van der Waals surface area (Å²) in [6.45, 7) is 3.15. The van der Waals surface area contributed by atoms with Gasteiger partial charge in [-0.25, -0.2) is 5.43 Å². The number of nitro groups is 1. The molecular weight excluding hydrogens is 468 g/mol. The lowest BCUT2D eigenvalue weighted by Crippen LogP contribution is -2.34. The van der Waals surface area contributed by atoms with E-state index in [0.717, 1.165) is 0 Å². The molecular formula is C22H19ClN4O5S. The van der Waals surface area contributed by atoms with Crippen LogP contribution in [-0.4, -0.2) is 28.6 Å². The second kappa shape index (κ2) is 10.7. The van der Waals surface area contributed by atoms with E-state index in [2.05, 4.69) is 15.8 Å². The SMILES string of the molecule is C/C(=N\NC(=O)C(C)Oc1ccccc1[N+](=O)[O-])c1cccc(NC(=O)c2ccc(Cl)s2)c1. The number of anilines is 1. The van der Waals surface area contributed by atoms with Gasteiger partial charge in [0.25, 0.3) is 11.8 Å². The normalized spacial score (nSPS) is 12.0. The predicted octanol–water partition coefficient (Wildman–Crippen LogP) is 4.87. The fourth-order valence-electron chi connectivity index (χ4n) is 2.70. The average Bonchev–Trinajstić information content (AvgIpc) is 3.24. The molecule has 0 aliphatic carbocycles. The first kappa shape index (κ1) is 23.9. The number of hydrazone groups is 1. The molecule has 170 valence electrons. The number of thiophene rings is 1. The lowest BCUT2D eigenvalue weighted by Gasteiger charge is -2.13. The first-order valence-corrected chi connectivity index (χ1v) is 10.9. The summed E-state index contributed by atoms with van der Waals surface area (Å²) in [7, 11) is 0. The summed E-state index contributed by atoms with van der Waals surface area (Å²) in [6.07, 6.45) is -1.02. The molecule has 0 fully saturated rings. The van der Waals surface area contributed by atoms with E-state index in [4.69, 9.17) is 16.3 Å². The van der Waals surface area contributed by atoms with Crippen LogP contribution >= 0.6 is 22.9 Å². The minimum Gasteiger partial charge on any atom is -0.474 e. The highest BCUT2D eigenvalue weighted by molar-refractivity contribution is 7.18. The summed E-state index contributed by atoms with van der Waals surface area (Å²) in [5.41, 5.74) is 3.86. The Morgan fingerprint density at radius 2 is 1.91 bits per heavy atom. The van der Waals surface area contributed by atoms with E-state index < -0.39 is 16.9 Å². The number of para-hydroxylation sites is 2. The van der Waals surface area contributed by atoms with Crippen LogP contribution < -0.4 is 15.5 Å². The summed E-state index contributed by atoms with van der Waals surface area (Å²) < 4.78 is 5.96. The number of ether oxygens (including phenoxy) is 1. The Labute approximate surface area is 198 Å². The number of nitrogens with zero attached hydrogens (tertiary/aromatic N) is 2. The van der Waals surface area contributed by atoms with Crippen LogP contribution in [0.15, 0.2) is 65.8 Å². The molecule has 2 N–H and O–H groups in total. The number of hydrogen-bond acceptors (Lipinski definition) is 7. The molecule has 2 aromatic carbocycles. The number of amides is 2. The fourth-order valence-corrected chi connectivity index (χ4v) is 3.64. The van der Waals surface area contributed by atoms with Gasteiger partial charge in [0.05, 0.1) is 19.8 Å². The molecule has 0 aliphatic rings. The van der Waals surface area contributed by atoms with Crippen molar-refractivity contribution in [2.45, 2.75) is 20.0 Å². The van der Waals surface area contributed by atoms with Crippen LogP contribution in [0.4, 0.5) is 11.4 Å². The molecule has 0 saturated heterocycles. The number of rotatable bonds is 8. The van der Waals surface area contributed by atoms with Crippen molar-refractivity contribution in [3.63, 3.8) is 0 Å². The molecule has 3 rings (SSSR count). The number of benzene rings is 2. The molecule has 1 heterocycles. The van der Waals surface area contributed by atoms with Gasteiger partial charge in [0.15, 0.2) is 11.9 Å². The minimum atomic E-state index is -1.02. The molecule has 0 aliphatic heterocycles. The first-order chi connectivity index (χ1) is 15.7. The minimum absolute atomic E-state index is 0.0127. The van der Waals surface area contributed by atoms with Gasteiger partial charge in [0.1, 0.15) is 0 Å². The molecule has 0 bridgehead atoms. The molecule has 0 radical (unpaired) electrons. The Morgan fingerprint density at radius 3 is 2.61 bits per heavy atom. The van der Waals surface area contributed by atoms with Gasteiger partial charge in [-0.15, -0.1) is 11.3 Å². The molecule has 11 heteroatoms. The van der Waals surface area contributed by atoms with E-state index in [9.17, 15) is 19.7 Å². The highest BCUT2D eigenvalue weighted by Crippen LogP contribution is 2.27.